The van der Waals surface area contributed by atoms with Crippen LogP contribution in [0.4, 0.5) is 0 Å². The molecule has 0 aromatic rings. The molecule has 0 aromatic carbocycles. The molecule has 0 heterocycles. The maximum absolute atomic E-state index is 11.0. The van der Waals surface area contributed by atoms with Crippen molar-refractivity contribution in [3.63, 3.8) is 0 Å². The van der Waals surface area contributed by atoms with E-state index >= 15 is 0 Å². The van der Waals surface area contributed by atoms with Gasteiger partial charge >= 0.3 is 65.7 Å². The van der Waals surface area contributed by atoms with Crippen molar-refractivity contribution >= 4 is 65.7 Å². The van der Waals surface area contributed by atoms with Crippen LogP contribution in [0.5, 0.6) is 0 Å². The molecule has 2 atom stereocenters. The zero-order valence-electron chi connectivity index (χ0n) is 31.4. The van der Waals surface area contributed by atoms with Crippen LogP contribution in [0.15, 0.2) is 50.6 Å². The number of hydrogen-bond donors (Lipinski definition) is 4. The van der Waals surface area contributed by atoms with E-state index in [-0.39, 0.29) is 78.0 Å². The molecule has 0 spiro atoms. The first kappa shape index (κ1) is 56.9. The lowest BCUT2D eigenvalue weighted by Gasteiger charge is -2.12. The third-order valence-corrected chi connectivity index (χ3v) is 5.04. The van der Waals surface area contributed by atoms with Gasteiger partial charge in [-0.05, 0) is 13.8 Å². The maximum atomic E-state index is 11.0. The van der Waals surface area contributed by atoms with Crippen LogP contribution >= 0.6 is 0 Å². The van der Waals surface area contributed by atoms with Gasteiger partial charge in [0.15, 0.2) is 0 Å². The van der Waals surface area contributed by atoms with Gasteiger partial charge in [-0.2, -0.15) is 0 Å². The van der Waals surface area contributed by atoms with Crippen molar-refractivity contribution in [2.45, 2.75) is 71.0 Å². The smallest absolute Gasteiger partial charge is 0.330 e. The van der Waals surface area contributed by atoms with Crippen LogP contribution in [0, 0.1) is 0 Å². The summed E-state index contributed by atoms with van der Waals surface area (Å²) >= 11 is 0. The van der Waals surface area contributed by atoms with Gasteiger partial charge in [0.1, 0.15) is 45.2 Å². The molecule has 57 heavy (non-hydrogen) atoms. The van der Waals surface area contributed by atoms with E-state index in [1.807, 2.05) is 0 Å². The first-order valence-corrected chi connectivity index (χ1v) is 16.2. The summed E-state index contributed by atoms with van der Waals surface area (Å²) in [5.74, 6) is -8.49. The first-order valence-electron chi connectivity index (χ1n) is 16.2. The number of esters is 7. The van der Waals surface area contributed by atoms with Crippen LogP contribution in [0.25, 0.3) is 0 Å². The normalized spacial score (nSPS) is 10.2. The molecule has 0 aliphatic heterocycles. The Balaban J connectivity index is -0.000000333. The number of carboxylic acid groups (broad SMARTS) is 4. The van der Waals surface area contributed by atoms with Crippen LogP contribution in [-0.2, 0) is 85.9 Å². The summed E-state index contributed by atoms with van der Waals surface area (Å²) in [5, 5.41) is 33.0. The largest absolute Gasteiger partial charge is 0.481 e. The lowest BCUT2D eigenvalue weighted by atomic mass is 10.3. The highest BCUT2D eigenvalue weighted by molar-refractivity contribution is 5.83. The van der Waals surface area contributed by atoms with Gasteiger partial charge < -0.3 is 53.6 Å². The SMILES string of the molecule is C=CC(=O)OC(C)COC(=O)CCC(=O)O.C=CC(=O)OCC(C)OC(=O)CCC(=O)O.C=CC(=O)OCCC(=O)O.C=CC(=O)OCCOC(=O)CCC(=O)O. The molecular weight excluding hydrogens is 772 g/mol. The number of hydrogen-bond acceptors (Lipinski definition) is 18. The summed E-state index contributed by atoms with van der Waals surface area (Å²) in [5.41, 5.74) is 0. The van der Waals surface area contributed by atoms with Gasteiger partial charge in [0.2, 0.25) is 0 Å². The average molecular weight is 821 g/mol. The highest BCUT2D eigenvalue weighted by Gasteiger charge is 2.13. The molecule has 0 rings (SSSR count). The Bertz CT molecular complexity index is 1380. The van der Waals surface area contributed by atoms with Crippen molar-refractivity contribution in [2.75, 3.05) is 33.0 Å². The zero-order valence-corrected chi connectivity index (χ0v) is 31.4. The minimum Gasteiger partial charge on any atom is -0.481 e. The Morgan fingerprint density at radius 3 is 1.16 bits per heavy atom. The van der Waals surface area contributed by atoms with Gasteiger partial charge in [-0.3, -0.25) is 33.6 Å². The lowest BCUT2D eigenvalue weighted by molar-refractivity contribution is -0.157. The second-order valence-electron chi connectivity index (χ2n) is 10.1. The van der Waals surface area contributed by atoms with Gasteiger partial charge in [0.25, 0.3) is 0 Å². The molecule has 4 N–H and O–H groups in total. The zero-order chi connectivity index (χ0) is 44.8. The number of aliphatic carboxylic acids is 4. The van der Waals surface area contributed by atoms with E-state index in [9.17, 15) is 52.7 Å². The monoisotopic (exact) mass is 820 g/mol. The molecule has 0 saturated carbocycles. The predicted molar refractivity (Wildman–Crippen MR) is 190 cm³/mol. The molecule has 0 aliphatic rings. The van der Waals surface area contributed by atoms with Crippen molar-refractivity contribution in [2.24, 2.45) is 0 Å². The molecule has 0 amide bonds. The maximum Gasteiger partial charge on any atom is 0.330 e. The standard InChI is InChI=1S/2C10H14O6.C9H12O6.C6H8O4/c1-3-9(13)16-7(2)6-15-10(14)5-4-8(11)12;1-3-9(13)15-6-7(2)16-10(14)5-4-8(11)12;1-2-8(12)14-5-6-15-9(13)4-3-7(10)11;1-2-6(9)10-4-3-5(7)8/h2*3,7H,1,4-6H2,2H3,(H,11,12);2H,1,3-6H2,(H,10,11);2H,1,3-4H2,(H,7,8). The van der Waals surface area contributed by atoms with Crippen LogP contribution in [0.1, 0.15) is 58.8 Å². The highest BCUT2D eigenvalue weighted by atomic mass is 16.6. The fourth-order valence-electron chi connectivity index (χ4n) is 2.49. The number of rotatable bonds is 25. The van der Waals surface area contributed by atoms with Crippen LogP contribution < -0.4 is 0 Å². The van der Waals surface area contributed by atoms with Crippen LogP contribution in [0.3, 0.4) is 0 Å². The highest BCUT2D eigenvalue weighted by Crippen LogP contribution is 2.00. The second kappa shape index (κ2) is 37.4. The fourth-order valence-corrected chi connectivity index (χ4v) is 2.49. The van der Waals surface area contributed by atoms with Gasteiger partial charge in [-0.25, -0.2) is 19.2 Å². The van der Waals surface area contributed by atoms with Crippen molar-refractivity contribution in [1.82, 2.24) is 0 Å². The van der Waals surface area contributed by atoms with E-state index in [0.29, 0.717) is 0 Å². The molecule has 0 bridgehead atoms. The summed E-state index contributed by atoms with van der Waals surface area (Å²) in [4.78, 5) is 115. The minimum atomic E-state index is -1.07. The Morgan fingerprint density at radius 2 is 0.737 bits per heavy atom. The summed E-state index contributed by atoms with van der Waals surface area (Å²) in [7, 11) is 0. The van der Waals surface area contributed by atoms with E-state index in [4.69, 9.17) is 29.9 Å². The molecule has 22 nitrogen and oxygen atoms in total. The molecule has 22 heteroatoms. The van der Waals surface area contributed by atoms with E-state index in [0.717, 1.165) is 24.3 Å². The van der Waals surface area contributed by atoms with Crippen LogP contribution in [0.2, 0.25) is 0 Å². The Morgan fingerprint density at radius 1 is 0.404 bits per heavy atom. The van der Waals surface area contributed by atoms with Crippen molar-refractivity contribution in [3.8, 4) is 0 Å². The molecule has 0 aromatic heterocycles. The number of carbonyl (C=O) groups is 11. The van der Waals surface area contributed by atoms with Gasteiger partial charge in [-0.15, -0.1) is 0 Å². The summed E-state index contributed by atoms with van der Waals surface area (Å²) < 4.78 is 32.3. The Hall–Kier alpha value is -6.87. The quantitative estimate of drug-likeness (QED) is 0.0437. The lowest BCUT2D eigenvalue weighted by Crippen LogP contribution is -2.22. The molecule has 0 aliphatic carbocycles. The first-order chi connectivity index (χ1) is 26.6. The van der Waals surface area contributed by atoms with Crippen LogP contribution in [-0.4, -0.2) is 131 Å². The minimum absolute atomic E-state index is 0.0658. The summed E-state index contributed by atoms with van der Waals surface area (Å²) in [6.07, 6.45) is 1.21. The third-order valence-electron chi connectivity index (χ3n) is 5.04. The summed E-state index contributed by atoms with van der Waals surface area (Å²) in [6.45, 7) is 15.4. The molecular formula is C35H48O22. The Labute approximate surface area is 326 Å². The average Bonchev–Trinajstić information content (AvgIpc) is 3.15. The Kier molecular flexibility index (Phi) is 37.4. The van der Waals surface area contributed by atoms with E-state index < -0.39 is 77.9 Å². The van der Waals surface area contributed by atoms with Gasteiger partial charge in [0, 0.05) is 24.3 Å². The van der Waals surface area contributed by atoms with Crippen molar-refractivity contribution in [1.29, 1.82) is 0 Å². The van der Waals surface area contributed by atoms with Crippen molar-refractivity contribution < 1.29 is 106 Å². The van der Waals surface area contributed by atoms with E-state index in [2.05, 4.69) is 50.0 Å². The molecule has 0 radical (unpaired) electrons. The van der Waals surface area contributed by atoms with E-state index in [1.165, 1.54) is 6.92 Å². The van der Waals surface area contributed by atoms with Gasteiger partial charge in [-0.1, -0.05) is 26.3 Å². The van der Waals surface area contributed by atoms with Crippen molar-refractivity contribution in [3.05, 3.63) is 50.6 Å². The number of ether oxygens (including phenoxy) is 7. The van der Waals surface area contributed by atoms with E-state index in [1.54, 1.807) is 6.92 Å². The fraction of sp³-hybridized carbons (Fsp3) is 0.457. The topological polar surface area (TPSA) is 333 Å². The third kappa shape index (κ3) is 49.1. The second-order valence-corrected chi connectivity index (χ2v) is 10.1. The molecule has 2 unspecified atom stereocenters. The number of carboxylic acids is 4. The number of carbonyl (C=O) groups excluding carboxylic acids is 7. The summed E-state index contributed by atoms with van der Waals surface area (Å²) in [6, 6.07) is 0. The molecule has 0 saturated heterocycles. The molecule has 0 fully saturated rings. The molecule has 320 valence electrons. The van der Waals surface area contributed by atoms with Gasteiger partial charge in [0.05, 0.1) is 44.9 Å². The predicted octanol–water partition coefficient (Wildman–Crippen LogP) is 1.34.